The Kier molecular flexibility index (Phi) is 5.94. The molecule has 0 aliphatic rings. The van der Waals surface area contributed by atoms with Crippen LogP contribution in [0.2, 0.25) is 10.0 Å². The smallest absolute Gasteiger partial charge is 0.139 e. The first kappa shape index (κ1) is 16.6. The van der Waals surface area contributed by atoms with Crippen LogP contribution in [0.1, 0.15) is 35.2 Å². The molecule has 0 spiro atoms. The highest BCUT2D eigenvalue weighted by Crippen LogP contribution is 2.38. The largest absolute Gasteiger partial charge is 0.492 e. The van der Waals surface area contributed by atoms with Crippen LogP contribution in [0.3, 0.4) is 0 Å². The lowest BCUT2D eigenvalue weighted by molar-refractivity contribution is 0.340. The molecule has 1 unspecified atom stereocenters. The maximum Gasteiger partial charge on any atom is 0.139 e. The summed E-state index contributed by atoms with van der Waals surface area (Å²) in [5.74, 6) is 0.628. The fraction of sp³-hybridized carbons (Fsp3) is 0.375. The Bertz CT molecular complexity index is 612. The average molecular weight is 344 g/mol. The zero-order chi connectivity index (χ0) is 15.4. The van der Waals surface area contributed by atoms with Gasteiger partial charge in [0.2, 0.25) is 0 Å². The summed E-state index contributed by atoms with van der Waals surface area (Å²) in [7, 11) is 1.93. The lowest BCUT2D eigenvalue weighted by Crippen LogP contribution is -2.17. The third-order valence-electron chi connectivity index (χ3n) is 3.27. The highest BCUT2D eigenvalue weighted by molar-refractivity contribution is 7.12. The number of aryl methyl sites for hydroxylation is 1. The van der Waals surface area contributed by atoms with Gasteiger partial charge in [0.05, 0.1) is 17.7 Å². The van der Waals surface area contributed by atoms with E-state index in [9.17, 15) is 0 Å². The molecule has 0 saturated heterocycles. The van der Waals surface area contributed by atoms with Gasteiger partial charge in [0.25, 0.3) is 0 Å². The minimum atomic E-state index is 0.0379. The van der Waals surface area contributed by atoms with Gasteiger partial charge in [0.15, 0.2) is 0 Å². The summed E-state index contributed by atoms with van der Waals surface area (Å²) in [4.78, 5) is 2.59. The minimum absolute atomic E-state index is 0.0379. The van der Waals surface area contributed by atoms with Gasteiger partial charge in [-0.1, -0.05) is 30.1 Å². The fourth-order valence-electron chi connectivity index (χ4n) is 2.22. The first-order valence-corrected chi connectivity index (χ1v) is 8.55. The molecule has 2 nitrogen and oxygen atoms in total. The number of hydrogen-bond donors (Lipinski definition) is 1. The van der Waals surface area contributed by atoms with Crippen LogP contribution in [0.4, 0.5) is 0 Å². The van der Waals surface area contributed by atoms with Crippen molar-refractivity contribution in [2.45, 2.75) is 26.3 Å². The summed E-state index contributed by atoms with van der Waals surface area (Å²) in [6.45, 7) is 4.65. The van der Waals surface area contributed by atoms with Crippen molar-refractivity contribution < 1.29 is 4.74 Å². The number of halogens is 2. The van der Waals surface area contributed by atoms with Crippen molar-refractivity contribution in [1.82, 2.24) is 5.32 Å². The van der Waals surface area contributed by atoms with Crippen LogP contribution in [0.25, 0.3) is 0 Å². The Balaban J connectivity index is 2.40. The summed E-state index contributed by atoms with van der Waals surface area (Å²) < 4.78 is 5.48. The van der Waals surface area contributed by atoms with E-state index >= 15 is 0 Å². The van der Waals surface area contributed by atoms with Crippen LogP contribution in [0.5, 0.6) is 5.75 Å². The summed E-state index contributed by atoms with van der Waals surface area (Å²) in [6.07, 6.45) is 1.04. The molecule has 1 atom stereocenters. The maximum atomic E-state index is 6.43. The van der Waals surface area contributed by atoms with Gasteiger partial charge in [-0.25, -0.2) is 0 Å². The molecule has 0 amide bonds. The number of benzene rings is 1. The first-order chi connectivity index (χ1) is 10.1. The molecule has 21 heavy (non-hydrogen) atoms. The second-order valence-electron chi connectivity index (χ2n) is 4.62. The normalized spacial score (nSPS) is 12.4. The van der Waals surface area contributed by atoms with Crippen LogP contribution >= 0.6 is 34.5 Å². The SMILES string of the molecule is CCOc1cc(Cl)c(C(NC)c2ccc(CC)s2)cc1Cl. The average Bonchev–Trinajstić information content (AvgIpc) is 2.94. The molecule has 0 radical (unpaired) electrons. The number of ether oxygens (including phenoxy) is 1. The second kappa shape index (κ2) is 7.50. The van der Waals surface area contributed by atoms with Gasteiger partial charge in [-0.15, -0.1) is 11.3 Å². The summed E-state index contributed by atoms with van der Waals surface area (Å²) in [5, 5.41) is 4.57. The Hall–Kier alpha value is -0.740. The molecule has 0 aliphatic heterocycles. The van der Waals surface area contributed by atoms with Crippen molar-refractivity contribution in [2.24, 2.45) is 0 Å². The lowest BCUT2D eigenvalue weighted by Gasteiger charge is -2.18. The monoisotopic (exact) mass is 343 g/mol. The molecule has 1 heterocycles. The van der Waals surface area contributed by atoms with E-state index in [1.165, 1.54) is 9.75 Å². The van der Waals surface area contributed by atoms with E-state index in [-0.39, 0.29) is 6.04 Å². The molecule has 0 bridgehead atoms. The summed E-state index contributed by atoms with van der Waals surface area (Å²) in [6, 6.07) is 8.03. The first-order valence-electron chi connectivity index (χ1n) is 6.98. The van der Waals surface area contributed by atoms with Crippen LogP contribution in [-0.4, -0.2) is 13.7 Å². The Morgan fingerprint density at radius 1 is 1.19 bits per heavy atom. The zero-order valence-corrected chi connectivity index (χ0v) is 14.7. The summed E-state index contributed by atoms with van der Waals surface area (Å²) >= 11 is 14.5. The Morgan fingerprint density at radius 3 is 2.52 bits per heavy atom. The highest BCUT2D eigenvalue weighted by atomic mass is 35.5. The number of rotatable bonds is 6. The lowest BCUT2D eigenvalue weighted by atomic mass is 10.1. The molecule has 5 heteroatoms. The van der Waals surface area contributed by atoms with Gasteiger partial charge < -0.3 is 10.1 Å². The highest BCUT2D eigenvalue weighted by Gasteiger charge is 2.19. The van der Waals surface area contributed by atoms with Crippen molar-refractivity contribution in [3.05, 3.63) is 49.6 Å². The third-order valence-corrected chi connectivity index (χ3v) is 5.18. The minimum Gasteiger partial charge on any atom is -0.492 e. The summed E-state index contributed by atoms with van der Waals surface area (Å²) in [5.41, 5.74) is 0.970. The van der Waals surface area contributed by atoms with Crippen molar-refractivity contribution in [3.8, 4) is 5.75 Å². The molecule has 0 fully saturated rings. The predicted molar refractivity (Wildman–Crippen MR) is 92.2 cm³/mol. The molecule has 0 saturated carbocycles. The number of nitrogens with one attached hydrogen (secondary N) is 1. The molecule has 114 valence electrons. The fourth-order valence-corrected chi connectivity index (χ4v) is 3.79. The second-order valence-corrected chi connectivity index (χ2v) is 6.63. The molecular weight excluding hydrogens is 325 g/mol. The van der Waals surface area contributed by atoms with E-state index < -0.39 is 0 Å². The van der Waals surface area contributed by atoms with Gasteiger partial charge in [-0.2, -0.15) is 0 Å². The van der Waals surface area contributed by atoms with Crippen LogP contribution in [0, 0.1) is 0 Å². The third kappa shape index (κ3) is 3.72. The van der Waals surface area contributed by atoms with E-state index in [1.807, 2.05) is 20.0 Å². The Morgan fingerprint density at radius 2 is 1.95 bits per heavy atom. The van der Waals surface area contributed by atoms with Crippen molar-refractivity contribution >= 4 is 34.5 Å². The maximum absolute atomic E-state index is 6.43. The van der Waals surface area contributed by atoms with E-state index in [4.69, 9.17) is 27.9 Å². The molecular formula is C16H19Cl2NOS. The molecule has 0 aliphatic carbocycles. The van der Waals surface area contributed by atoms with Crippen LogP contribution in [-0.2, 0) is 6.42 Å². The molecule has 1 aromatic carbocycles. The van der Waals surface area contributed by atoms with Gasteiger partial charge in [-0.05, 0) is 44.2 Å². The van der Waals surface area contributed by atoms with E-state index in [2.05, 4.69) is 24.4 Å². The standard InChI is InChI=1S/C16H19Cl2NOS/c1-4-10-6-7-15(21-10)16(19-3)11-8-13(18)14(20-5-2)9-12(11)17/h6-9,16,19H,4-5H2,1-3H3. The van der Waals surface area contributed by atoms with Gasteiger partial charge >= 0.3 is 0 Å². The Labute approximate surface area is 140 Å². The number of thiophene rings is 1. The van der Waals surface area contributed by atoms with Gasteiger partial charge in [-0.3, -0.25) is 0 Å². The molecule has 1 aromatic heterocycles. The molecule has 1 N–H and O–H groups in total. The quantitative estimate of drug-likeness (QED) is 0.765. The van der Waals surface area contributed by atoms with E-state index in [0.29, 0.717) is 22.4 Å². The van der Waals surface area contributed by atoms with Crippen molar-refractivity contribution in [3.63, 3.8) is 0 Å². The van der Waals surface area contributed by atoms with Crippen molar-refractivity contribution in [2.75, 3.05) is 13.7 Å². The topological polar surface area (TPSA) is 21.3 Å². The molecule has 2 aromatic rings. The molecule has 2 rings (SSSR count). The van der Waals surface area contributed by atoms with Crippen molar-refractivity contribution in [1.29, 1.82) is 0 Å². The zero-order valence-electron chi connectivity index (χ0n) is 12.4. The van der Waals surface area contributed by atoms with Gasteiger partial charge in [0, 0.05) is 20.8 Å². The van der Waals surface area contributed by atoms with Crippen LogP contribution in [0.15, 0.2) is 24.3 Å². The van der Waals surface area contributed by atoms with Gasteiger partial charge in [0.1, 0.15) is 5.75 Å². The predicted octanol–water partition coefficient (Wildman–Crippen LogP) is 5.32. The number of hydrogen-bond acceptors (Lipinski definition) is 3. The van der Waals surface area contributed by atoms with E-state index in [1.54, 1.807) is 17.4 Å². The van der Waals surface area contributed by atoms with Crippen LogP contribution < -0.4 is 10.1 Å². The van der Waals surface area contributed by atoms with E-state index in [0.717, 1.165) is 12.0 Å².